The predicted octanol–water partition coefficient (Wildman–Crippen LogP) is 3.03. The Bertz CT molecular complexity index is 1160. The van der Waals surface area contributed by atoms with Crippen LogP contribution in [0.5, 0.6) is 0 Å². The van der Waals surface area contributed by atoms with Crippen LogP contribution in [0, 0.1) is 11.5 Å². The van der Waals surface area contributed by atoms with Crippen LogP contribution in [-0.2, 0) is 41.5 Å². The summed E-state index contributed by atoms with van der Waals surface area (Å²) in [4.78, 5) is 0. The fraction of sp³-hybridized carbons (Fsp3) is 0.485. The summed E-state index contributed by atoms with van der Waals surface area (Å²) in [5.41, 5.74) is 11.7. The number of fused-ring (bicyclic) bond motifs is 3. The zero-order valence-corrected chi connectivity index (χ0v) is 28.1. The van der Waals surface area contributed by atoms with Crippen molar-refractivity contribution in [3.8, 4) is 11.1 Å². The van der Waals surface area contributed by atoms with Gasteiger partial charge in [-0.15, -0.1) is 22.3 Å². The molecule has 0 aromatic heterocycles. The van der Waals surface area contributed by atoms with Crippen molar-refractivity contribution in [3.63, 3.8) is 0 Å². The van der Waals surface area contributed by atoms with Crippen molar-refractivity contribution in [1.82, 2.24) is 0 Å². The molecule has 0 heterocycles. The maximum atomic E-state index is 3.92. The average Bonchev–Trinajstić information content (AvgIpc) is 3.29. The standard InChI is InChI=1S/C30H37.C3H6.2ClH.Zr/c1-28(2,3)22-12-11-20(15-22)26-16-21-14-19-10-13-23(29(4,5)6)17-24(19)25(21)18-27(26)30(7,8)9;1-3-2;;;/h10-13,15,17-18,20H,14H2,1-9H3;1-2H3;2*1H;/q-1;;;;+2/p-2. The van der Waals surface area contributed by atoms with Gasteiger partial charge in [0.25, 0.3) is 0 Å². The molecule has 2 aromatic rings. The molecule has 194 valence electrons. The summed E-state index contributed by atoms with van der Waals surface area (Å²) in [6.07, 6.45) is 8.14. The van der Waals surface area contributed by atoms with Gasteiger partial charge in [-0.3, -0.25) is 0 Å². The van der Waals surface area contributed by atoms with Crippen molar-refractivity contribution in [2.45, 2.75) is 99.3 Å². The Morgan fingerprint density at radius 2 is 1.42 bits per heavy atom. The molecule has 3 heteroatoms. The molecule has 0 saturated heterocycles. The van der Waals surface area contributed by atoms with Crippen LogP contribution in [0.15, 0.2) is 48.1 Å². The molecular weight excluding hydrogens is 558 g/mol. The van der Waals surface area contributed by atoms with Gasteiger partial charge in [-0.05, 0) is 34.3 Å². The van der Waals surface area contributed by atoms with E-state index in [9.17, 15) is 0 Å². The normalized spacial score (nSPS) is 16.1. The third-order valence-electron chi connectivity index (χ3n) is 6.67. The van der Waals surface area contributed by atoms with E-state index in [0.717, 1.165) is 6.42 Å². The fourth-order valence-corrected chi connectivity index (χ4v) is 4.70. The van der Waals surface area contributed by atoms with Crippen LogP contribution in [0.3, 0.4) is 0 Å². The molecule has 36 heavy (non-hydrogen) atoms. The van der Waals surface area contributed by atoms with Gasteiger partial charge in [-0.2, -0.15) is 12.1 Å². The molecule has 2 aliphatic rings. The largest absolute Gasteiger partial charge is 1.00 e. The Balaban J connectivity index is 0.00000101. The molecule has 2 aliphatic carbocycles. The van der Waals surface area contributed by atoms with Gasteiger partial charge in [0.05, 0.1) is 0 Å². The van der Waals surface area contributed by atoms with E-state index in [2.05, 4.69) is 125 Å². The average molecular weight is 602 g/mol. The van der Waals surface area contributed by atoms with E-state index in [4.69, 9.17) is 0 Å². The molecule has 0 fully saturated rings. The van der Waals surface area contributed by atoms with Crippen LogP contribution in [0.2, 0.25) is 0 Å². The number of halogens is 2. The Morgan fingerprint density at radius 3 is 1.89 bits per heavy atom. The summed E-state index contributed by atoms with van der Waals surface area (Å²) in [5, 5.41) is 0. The molecule has 0 bridgehead atoms. The second-order valence-electron chi connectivity index (χ2n) is 13.3. The zero-order valence-electron chi connectivity index (χ0n) is 24.1. The fourth-order valence-electron chi connectivity index (χ4n) is 4.70. The maximum absolute atomic E-state index is 3.92. The van der Waals surface area contributed by atoms with Crippen LogP contribution >= 0.6 is 0 Å². The minimum atomic E-state index is 0. The van der Waals surface area contributed by atoms with Crippen molar-refractivity contribution >= 4 is 3.21 Å². The van der Waals surface area contributed by atoms with E-state index in [1.807, 2.05) is 0 Å². The quantitative estimate of drug-likeness (QED) is 0.377. The van der Waals surface area contributed by atoms with E-state index >= 15 is 0 Å². The summed E-state index contributed by atoms with van der Waals surface area (Å²) >= 11 is 1.55. The van der Waals surface area contributed by atoms with Crippen molar-refractivity contribution in [3.05, 3.63) is 82.0 Å². The smallest absolute Gasteiger partial charge is 1.00 e. The third-order valence-corrected chi connectivity index (χ3v) is 6.67. The minimum absolute atomic E-state index is 0. The topological polar surface area (TPSA) is 0 Å². The van der Waals surface area contributed by atoms with Crippen molar-refractivity contribution in [2.75, 3.05) is 0 Å². The van der Waals surface area contributed by atoms with Crippen LogP contribution in [0.1, 0.15) is 110 Å². The van der Waals surface area contributed by atoms with Gasteiger partial charge in [0.2, 0.25) is 0 Å². The molecule has 1 atom stereocenters. The van der Waals surface area contributed by atoms with E-state index < -0.39 is 0 Å². The van der Waals surface area contributed by atoms with Gasteiger partial charge in [0, 0.05) is 0 Å². The van der Waals surface area contributed by atoms with Gasteiger partial charge in [-0.1, -0.05) is 115 Å². The zero-order chi connectivity index (χ0) is 25.6. The number of hydrogen-bond donors (Lipinski definition) is 0. The molecule has 1 unspecified atom stereocenters. The van der Waals surface area contributed by atoms with Gasteiger partial charge in [0.1, 0.15) is 0 Å². The second kappa shape index (κ2) is 12.0. The number of rotatable bonds is 1. The maximum Gasteiger partial charge on any atom is -1.00 e. The van der Waals surface area contributed by atoms with E-state index in [1.165, 1.54) is 47.7 Å². The molecule has 4 rings (SSSR count). The van der Waals surface area contributed by atoms with E-state index in [-0.39, 0.29) is 41.1 Å². The Hall–Kier alpha value is -0.747. The first-order valence-corrected chi connectivity index (χ1v) is 13.9. The Kier molecular flexibility index (Phi) is 11.1. The van der Waals surface area contributed by atoms with Crippen LogP contribution < -0.4 is 24.8 Å². The monoisotopic (exact) mass is 599 g/mol. The summed E-state index contributed by atoms with van der Waals surface area (Å²) in [6.45, 7) is 25.0. The number of allylic oxidation sites excluding steroid dienone is 4. The molecule has 0 spiro atoms. The molecule has 0 aliphatic heterocycles. The summed E-state index contributed by atoms with van der Waals surface area (Å²) in [6, 6.07) is 13.5. The summed E-state index contributed by atoms with van der Waals surface area (Å²) in [7, 11) is 0. The predicted molar refractivity (Wildman–Crippen MR) is 147 cm³/mol. The first kappa shape index (κ1) is 33.3. The van der Waals surface area contributed by atoms with Crippen LogP contribution in [-0.4, -0.2) is 3.21 Å². The van der Waals surface area contributed by atoms with Gasteiger partial charge < -0.3 is 24.8 Å². The van der Waals surface area contributed by atoms with E-state index in [0.29, 0.717) is 5.92 Å². The number of benzene rings is 2. The van der Waals surface area contributed by atoms with Gasteiger partial charge >= 0.3 is 41.3 Å². The van der Waals surface area contributed by atoms with Crippen LogP contribution in [0.25, 0.3) is 11.1 Å². The molecule has 2 aromatic carbocycles. The molecular formula is C33H43Cl2Zr-. The van der Waals surface area contributed by atoms with Crippen LogP contribution in [0.4, 0.5) is 0 Å². The molecule has 0 N–H and O–H groups in total. The van der Waals surface area contributed by atoms with E-state index in [1.54, 1.807) is 24.2 Å². The second-order valence-corrected chi connectivity index (χ2v) is 15.8. The van der Waals surface area contributed by atoms with Crippen molar-refractivity contribution in [2.24, 2.45) is 5.41 Å². The van der Waals surface area contributed by atoms with Crippen molar-refractivity contribution in [1.29, 1.82) is 0 Å². The molecule has 0 saturated carbocycles. The Labute approximate surface area is 248 Å². The summed E-state index contributed by atoms with van der Waals surface area (Å²) < 4.78 is 1.51. The first-order valence-electron chi connectivity index (χ1n) is 12.6. The third kappa shape index (κ3) is 7.65. The first-order chi connectivity index (χ1) is 15.5. The Morgan fingerprint density at radius 1 is 0.833 bits per heavy atom. The van der Waals surface area contributed by atoms with Gasteiger partial charge in [-0.25, -0.2) is 0 Å². The molecule has 0 radical (unpaired) electrons. The van der Waals surface area contributed by atoms with Crippen molar-refractivity contribution < 1.29 is 49.0 Å². The molecule has 0 nitrogen and oxygen atoms in total. The SMILES string of the molecule is CC(C)(C)C1=CC(c2[c-]c3c(cc2C(C)(C)C)-c2cc(C(C)(C)C)ccc2C3)C=C1.C[C](C)=[Zr+2].[Cl-].[Cl-]. The number of hydrogen-bond acceptors (Lipinski definition) is 0. The molecule has 0 amide bonds. The minimum Gasteiger partial charge on any atom is -1.00 e. The summed E-state index contributed by atoms with van der Waals surface area (Å²) in [5.74, 6) is 0.326. The van der Waals surface area contributed by atoms with Gasteiger partial charge in [0.15, 0.2) is 0 Å².